The average molecular weight is 272 g/mol. The fraction of sp³-hybridized carbons (Fsp3) is 0.100. The summed E-state index contributed by atoms with van der Waals surface area (Å²) in [5.74, 6) is 0. The molecule has 2 rings (SSSR count). The maximum Gasteiger partial charge on any atom is 0.128 e. The Balaban J connectivity index is 2.49. The molecule has 0 N–H and O–H groups in total. The molecule has 0 spiro atoms. The van der Waals surface area contributed by atoms with Crippen LogP contribution in [-0.4, -0.2) is 9.78 Å². The molecule has 0 unspecified atom stereocenters. The Labute approximate surface area is 95.6 Å². The van der Waals surface area contributed by atoms with Crippen LogP contribution >= 0.6 is 27.5 Å². The molecule has 1 aromatic carbocycles. The minimum atomic E-state index is 0.745. The molecule has 0 fully saturated rings. The third-order valence-electron chi connectivity index (χ3n) is 1.99. The number of halogens is 2. The van der Waals surface area contributed by atoms with Crippen molar-refractivity contribution in [1.29, 1.82) is 0 Å². The summed E-state index contributed by atoms with van der Waals surface area (Å²) in [4.78, 5) is 0. The molecular weight excluding hydrogens is 263 g/mol. The fourth-order valence-electron chi connectivity index (χ4n) is 1.32. The number of aryl methyl sites for hydroxylation is 1. The van der Waals surface area contributed by atoms with Gasteiger partial charge in [0.1, 0.15) is 4.60 Å². The summed E-state index contributed by atoms with van der Waals surface area (Å²) < 4.78 is 2.66. The highest BCUT2D eigenvalue weighted by atomic mass is 79.9. The Morgan fingerprint density at radius 2 is 1.93 bits per heavy atom. The first-order valence-electron chi connectivity index (χ1n) is 4.12. The van der Waals surface area contributed by atoms with Gasteiger partial charge in [0, 0.05) is 12.1 Å². The third-order valence-corrected chi connectivity index (χ3v) is 2.63. The first-order chi connectivity index (χ1) is 6.66. The molecule has 0 aliphatic rings. The molecule has 14 heavy (non-hydrogen) atoms. The highest BCUT2D eigenvalue weighted by Gasteiger charge is 2.04. The molecule has 0 atom stereocenters. The van der Waals surface area contributed by atoms with E-state index in [1.807, 2.05) is 42.1 Å². The third kappa shape index (κ3) is 1.83. The molecule has 0 saturated heterocycles. The van der Waals surface area contributed by atoms with E-state index in [-0.39, 0.29) is 0 Å². The number of hydrogen-bond donors (Lipinski definition) is 0. The molecule has 4 heteroatoms. The molecule has 0 saturated carbocycles. The minimum absolute atomic E-state index is 0.745. The van der Waals surface area contributed by atoms with E-state index in [1.165, 1.54) is 0 Å². The van der Waals surface area contributed by atoms with Crippen molar-refractivity contribution in [2.45, 2.75) is 0 Å². The van der Waals surface area contributed by atoms with Crippen molar-refractivity contribution in [3.8, 4) is 11.3 Å². The molecule has 0 amide bonds. The van der Waals surface area contributed by atoms with Crippen molar-refractivity contribution in [2.24, 2.45) is 7.05 Å². The minimum Gasteiger partial charge on any atom is -0.267 e. The number of rotatable bonds is 1. The predicted octanol–water partition coefficient (Wildman–Crippen LogP) is 3.50. The van der Waals surface area contributed by atoms with E-state index in [4.69, 9.17) is 11.6 Å². The van der Waals surface area contributed by atoms with Crippen LogP contribution in [0.3, 0.4) is 0 Å². The number of benzene rings is 1. The topological polar surface area (TPSA) is 17.8 Å². The Morgan fingerprint density at radius 3 is 2.43 bits per heavy atom. The lowest BCUT2D eigenvalue weighted by atomic mass is 10.1. The van der Waals surface area contributed by atoms with Gasteiger partial charge in [0.15, 0.2) is 0 Å². The zero-order valence-corrected chi connectivity index (χ0v) is 9.88. The van der Waals surface area contributed by atoms with Gasteiger partial charge in [-0.25, -0.2) is 0 Å². The van der Waals surface area contributed by atoms with Crippen LogP contribution in [0.15, 0.2) is 34.9 Å². The summed E-state index contributed by atoms with van der Waals surface area (Å²) in [5.41, 5.74) is 2.17. The molecule has 0 radical (unpaired) electrons. The van der Waals surface area contributed by atoms with Gasteiger partial charge in [-0.2, -0.15) is 5.10 Å². The van der Waals surface area contributed by atoms with Crippen LogP contribution in [0.1, 0.15) is 0 Å². The van der Waals surface area contributed by atoms with E-state index < -0.39 is 0 Å². The summed E-state index contributed by atoms with van der Waals surface area (Å²) in [6.07, 6.45) is 0. The van der Waals surface area contributed by atoms with Gasteiger partial charge >= 0.3 is 0 Å². The molecule has 2 nitrogen and oxygen atoms in total. The van der Waals surface area contributed by atoms with Gasteiger partial charge in [-0.15, -0.1) is 0 Å². The monoisotopic (exact) mass is 270 g/mol. The van der Waals surface area contributed by atoms with E-state index in [0.29, 0.717) is 0 Å². The quantitative estimate of drug-likeness (QED) is 0.776. The highest BCUT2D eigenvalue weighted by Crippen LogP contribution is 2.23. The molecule has 1 aromatic heterocycles. The lowest BCUT2D eigenvalue weighted by molar-refractivity contribution is 0.768. The van der Waals surface area contributed by atoms with Gasteiger partial charge in [0.05, 0.1) is 5.69 Å². The molecule has 0 aliphatic heterocycles. The second kappa shape index (κ2) is 3.75. The standard InChI is InChI=1S/C10H8BrClN2/c1-14-9(6-10(11)13-14)7-2-4-8(12)5-3-7/h2-6H,1H3. The largest absolute Gasteiger partial charge is 0.267 e. The Hall–Kier alpha value is -0.800. The summed E-state index contributed by atoms with van der Waals surface area (Å²) in [7, 11) is 1.91. The van der Waals surface area contributed by atoms with Crippen LogP contribution in [0, 0.1) is 0 Å². The van der Waals surface area contributed by atoms with Crippen LogP contribution in [0.4, 0.5) is 0 Å². The van der Waals surface area contributed by atoms with Crippen molar-refractivity contribution in [1.82, 2.24) is 9.78 Å². The van der Waals surface area contributed by atoms with Gasteiger partial charge in [0.2, 0.25) is 0 Å². The van der Waals surface area contributed by atoms with Crippen LogP contribution in [0.2, 0.25) is 5.02 Å². The highest BCUT2D eigenvalue weighted by molar-refractivity contribution is 9.10. The van der Waals surface area contributed by atoms with E-state index in [1.54, 1.807) is 0 Å². The molecule has 2 aromatic rings. The molecule has 0 bridgehead atoms. The number of nitrogens with zero attached hydrogens (tertiary/aromatic N) is 2. The van der Waals surface area contributed by atoms with Crippen molar-refractivity contribution in [3.05, 3.63) is 40.0 Å². The van der Waals surface area contributed by atoms with Crippen LogP contribution < -0.4 is 0 Å². The van der Waals surface area contributed by atoms with E-state index in [9.17, 15) is 0 Å². The van der Waals surface area contributed by atoms with Crippen molar-refractivity contribution in [3.63, 3.8) is 0 Å². The van der Waals surface area contributed by atoms with Gasteiger partial charge in [0.25, 0.3) is 0 Å². The Kier molecular flexibility index (Phi) is 2.61. The van der Waals surface area contributed by atoms with Gasteiger partial charge < -0.3 is 0 Å². The second-order valence-corrected chi connectivity index (χ2v) is 4.23. The van der Waals surface area contributed by atoms with Crippen LogP contribution in [-0.2, 0) is 7.05 Å². The van der Waals surface area contributed by atoms with E-state index in [2.05, 4.69) is 21.0 Å². The normalized spacial score (nSPS) is 10.5. The summed E-state index contributed by atoms with van der Waals surface area (Å²) in [5, 5.41) is 4.96. The summed E-state index contributed by atoms with van der Waals surface area (Å²) in [6.45, 7) is 0. The Morgan fingerprint density at radius 1 is 1.29 bits per heavy atom. The van der Waals surface area contributed by atoms with E-state index >= 15 is 0 Å². The second-order valence-electron chi connectivity index (χ2n) is 2.98. The fourth-order valence-corrected chi connectivity index (χ4v) is 1.90. The number of hydrogen-bond acceptors (Lipinski definition) is 1. The summed E-state index contributed by atoms with van der Waals surface area (Å²) in [6, 6.07) is 9.68. The molecular formula is C10H8BrClN2. The average Bonchev–Trinajstić information content (AvgIpc) is 2.47. The van der Waals surface area contributed by atoms with Crippen molar-refractivity contribution in [2.75, 3.05) is 0 Å². The Bertz CT molecular complexity index is 448. The molecule has 72 valence electrons. The van der Waals surface area contributed by atoms with Gasteiger partial charge in [-0.1, -0.05) is 23.7 Å². The van der Waals surface area contributed by atoms with Crippen molar-refractivity contribution < 1.29 is 0 Å². The van der Waals surface area contributed by atoms with Crippen molar-refractivity contribution >= 4 is 27.5 Å². The first-order valence-corrected chi connectivity index (χ1v) is 5.29. The maximum absolute atomic E-state index is 5.81. The zero-order valence-electron chi connectivity index (χ0n) is 7.54. The lowest BCUT2D eigenvalue weighted by Crippen LogP contribution is -1.92. The van der Waals surface area contributed by atoms with Crippen LogP contribution in [0.5, 0.6) is 0 Å². The zero-order chi connectivity index (χ0) is 10.1. The SMILES string of the molecule is Cn1nc(Br)cc1-c1ccc(Cl)cc1. The smallest absolute Gasteiger partial charge is 0.128 e. The predicted molar refractivity (Wildman–Crippen MR) is 61.4 cm³/mol. The van der Waals surface area contributed by atoms with Gasteiger partial charge in [-0.05, 0) is 39.7 Å². The van der Waals surface area contributed by atoms with E-state index in [0.717, 1.165) is 20.9 Å². The van der Waals surface area contributed by atoms with Crippen LogP contribution in [0.25, 0.3) is 11.3 Å². The molecule has 1 heterocycles. The number of aromatic nitrogens is 2. The lowest BCUT2D eigenvalue weighted by Gasteiger charge is -2.00. The first kappa shape index (κ1) is 9.74. The van der Waals surface area contributed by atoms with Gasteiger partial charge in [-0.3, -0.25) is 4.68 Å². The summed E-state index contributed by atoms with van der Waals surface area (Å²) >= 11 is 9.15. The maximum atomic E-state index is 5.81. The molecule has 0 aliphatic carbocycles.